The van der Waals surface area contributed by atoms with Crippen molar-refractivity contribution in [2.24, 2.45) is 0 Å². The van der Waals surface area contributed by atoms with Crippen LogP contribution in [0.3, 0.4) is 0 Å². The number of benzene rings is 1. The van der Waals surface area contributed by atoms with Crippen LogP contribution in [-0.2, 0) is 4.79 Å². The molecule has 2 saturated carbocycles. The van der Waals surface area contributed by atoms with Crippen molar-refractivity contribution in [2.75, 3.05) is 11.9 Å². The highest BCUT2D eigenvalue weighted by atomic mass is 16.5. The summed E-state index contributed by atoms with van der Waals surface area (Å²) in [6.45, 7) is 2.29. The topological polar surface area (TPSA) is 96.2 Å². The van der Waals surface area contributed by atoms with E-state index in [2.05, 4.69) is 10.4 Å². The Morgan fingerprint density at radius 1 is 1.31 bits per heavy atom. The number of aliphatic hydroxyl groups is 1. The molecule has 2 bridgehead atoms. The highest BCUT2D eigenvalue weighted by Gasteiger charge is 2.56. The number of aryl methyl sites for hydroxylation is 1. The van der Waals surface area contributed by atoms with Gasteiger partial charge in [0.1, 0.15) is 11.3 Å². The molecule has 8 nitrogen and oxygen atoms in total. The van der Waals surface area contributed by atoms with E-state index < -0.39 is 5.60 Å². The SMILES string of the molecule is Cc1c(C(=O)N2CC3(O)CC2C3)cn2nccc(Oc3ccc(NC=O)c(C4CC4)c3)c12. The van der Waals surface area contributed by atoms with Crippen molar-refractivity contribution in [1.29, 1.82) is 0 Å². The lowest BCUT2D eigenvalue weighted by Crippen LogP contribution is -2.40. The minimum Gasteiger partial charge on any atom is -0.455 e. The number of carbonyl (C=O) groups is 2. The van der Waals surface area contributed by atoms with E-state index in [9.17, 15) is 14.7 Å². The van der Waals surface area contributed by atoms with E-state index in [4.69, 9.17) is 4.74 Å². The Kier molecular flexibility index (Phi) is 4.10. The maximum atomic E-state index is 13.2. The summed E-state index contributed by atoms with van der Waals surface area (Å²) in [6, 6.07) is 7.58. The first-order valence-corrected chi connectivity index (χ1v) is 11.0. The van der Waals surface area contributed by atoms with Crippen molar-refractivity contribution in [1.82, 2.24) is 14.5 Å². The molecular weight excluding hydrogens is 408 g/mol. The normalized spacial score (nSPS) is 23.8. The third-order valence-corrected chi connectivity index (χ3v) is 7.00. The number of anilines is 1. The van der Waals surface area contributed by atoms with Gasteiger partial charge in [-0.25, -0.2) is 4.52 Å². The predicted octanol–water partition coefficient (Wildman–Crippen LogP) is 3.23. The second-order valence-electron chi connectivity index (χ2n) is 9.26. The molecular formula is C24H24N4O4. The van der Waals surface area contributed by atoms with Crippen LogP contribution in [0.15, 0.2) is 36.7 Å². The van der Waals surface area contributed by atoms with Crippen molar-refractivity contribution < 1.29 is 19.4 Å². The van der Waals surface area contributed by atoms with Gasteiger partial charge in [0.15, 0.2) is 5.75 Å². The van der Waals surface area contributed by atoms with Gasteiger partial charge in [0.25, 0.3) is 5.91 Å². The summed E-state index contributed by atoms with van der Waals surface area (Å²) in [4.78, 5) is 25.9. The summed E-state index contributed by atoms with van der Waals surface area (Å²) >= 11 is 0. The van der Waals surface area contributed by atoms with E-state index >= 15 is 0 Å². The molecule has 0 radical (unpaired) electrons. The summed E-state index contributed by atoms with van der Waals surface area (Å²) in [5, 5.41) is 17.5. The number of fused-ring (bicyclic) bond motifs is 2. The van der Waals surface area contributed by atoms with Crippen LogP contribution >= 0.6 is 0 Å². The van der Waals surface area contributed by atoms with E-state index in [1.165, 1.54) is 0 Å². The first kappa shape index (κ1) is 19.3. The zero-order valence-corrected chi connectivity index (χ0v) is 17.7. The Hall–Kier alpha value is -3.39. The quantitative estimate of drug-likeness (QED) is 0.583. The second-order valence-corrected chi connectivity index (χ2v) is 9.26. The van der Waals surface area contributed by atoms with E-state index in [0.29, 0.717) is 48.8 Å². The van der Waals surface area contributed by atoms with Gasteiger partial charge in [-0.2, -0.15) is 5.10 Å². The number of amides is 2. The molecule has 0 unspecified atom stereocenters. The molecule has 164 valence electrons. The van der Waals surface area contributed by atoms with Gasteiger partial charge in [-0.05, 0) is 67.9 Å². The van der Waals surface area contributed by atoms with Crippen molar-refractivity contribution in [3.63, 3.8) is 0 Å². The number of nitrogens with zero attached hydrogens (tertiary/aromatic N) is 3. The van der Waals surface area contributed by atoms with Gasteiger partial charge in [0, 0.05) is 24.0 Å². The van der Waals surface area contributed by atoms with E-state index in [1.54, 1.807) is 27.9 Å². The smallest absolute Gasteiger partial charge is 0.256 e. The van der Waals surface area contributed by atoms with Crippen LogP contribution in [0.4, 0.5) is 5.69 Å². The number of nitrogens with one attached hydrogen (secondary N) is 1. The summed E-state index contributed by atoms with van der Waals surface area (Å²) in [7, 11) is 0. The van der Waals surface area contributed by atoms with Crippen molar-refractivity contribution in [3.8, 4) is 11.5 Å². The van der Waals surface area contributed by atoms with E-state index in [-0.39, 0.29) is 11.9 Å². The summed E-state index contributed by atoms with van der Waals surface area (Å²) < 4.78 is 7.92. The average molecular weight is 432 g/mol. The molecule has 0 spiro atoms. The lowest BCUT2D eigenvalue weighted by Gasteiger charge is -2.31. The Labute approximate surface area is 184 Å². The number of rotatable bonds is 6. The van der Waals surface area contributed by atoms with Crippen molar-refractivity contribution in [2.45, 2.75) is 50.2 Å². The van der Waals surface area contributed by atoms with Crippen LogP contribution < -0.4 is 10.1 Å². The Balaban J connectivity index is 1.34. The first-order valence-electron chi connectivity index (χ1n) is 11.0. The monoisotopic (exact) mass is 432 g/mol. The van der Waals surface area contributed by atoms with Crippen LogP contribution in [0.1, 0.15) is 53.1 Å². The minimum absolute atomic E-state index is 0.0716. The maximum Gasteiger partial charge on any atom is 0.256 e. The first-order chi connectivity index (χ1) is 15.5. The summed E-state index contributed by atoms with van der Waals surface area (Å²) in [5.74, 6) is 1.66. The van der Waals surface area contributed by atoms with Crippen molar-refractivity contribution in [3.05, 3.63) is 53.3 Å². The van der Waals surface area contributed by atoms with Gasteiger partial charge in [0.05, 0.1) is 23.9 Å². The molecule has 32 heavy (non-hydrogen) atoms. The lowest BCUT2D eigenvalue weighted by molar-refractivity contribution is -0.105. The van der Waals surface area contributed by atoms with Crippen LogP contribution in [0.2, 0.25) is 0 Å². The number of carbonyl (C=O) groups excluding carboxylic acids is 2. The Bertz CT molecular complexity index is 1260. The fourth-order valence-electron chi connectivity index (χ4n) is 5.19. The molecule has 2 aliphatic carbocycles. The molecule has 2 amide bonds. The van der Waals surface area contributed by atoms with Crippen LogP contribution in [-0.4, -0.2) is 50.1 Å². The zero-order chi connectivity index (χ0) is 22.0. The highest BCUT2D eigenvalue weighted by molar-refractivity contribution is 5.99. The molecule has 0 atom stereocenters. The Morgan fingerprint density at radius 3 is 2.81 bits per heavy atom. The number of ether oxygens (including phenoxy) is 1. The third-order valence-electron chi connectivity index (χ3n) is 7.00. The van der Waals surface area contributed by atoms with E-state index in [1.807, 2.05) is 25.1 Å². The molecule has 2 N–H and O–H groups in total. The molecule has 7 rings (SSSR count). The molecule has 1 aromatic carbocycles. The maximum absolute atomic E-state index is 13.2. The third kappa shape index (κ3) is 2.97. The predicted molar refractivity (Wildman–Crippen MR) is 117 cm³/mol. The Morgan fingerprint density at radius 2 is 2.12 bits per heavy atom. The van der Waals surface area contributed by atoms with Gasteiger partial charge >= 0.3 is 0 Å². The van der Waals surface area contributed by atoms with Crippen LogP contribution in [0, 0.1) is 6.92 Å². The van der Waals surface area contributed by atoms with Crippen LogP contribution in [0.5, 0.6) is 11.5 Å². The summed E-state index contributed by atoms with van der Waals surface area (Å²) in [6.07, 6.45) is 7.62. The molecule has 4 fully saturated rings. The highest BCUT2D eigenvalue weighted by Crippen LogP contribution is 2.46. The summed E-state index contributed by atoms with van der Waals surface area (Å²) in [5.41, 5.74) is 3.30. The van der Waals surface area contributed by atoms with Gasteiger partial charge in [0.2, 0.25) is 6.41 Å². The average Bonchev–Trinajstić information content (AvgIpc) is 3.37. The fraction of sp³-hybridized carbons (Fsp3) is 0.375. The zero-order valence-electron chi connectivity index (χ0n) is 17.7. The van der Waals surface area contributed by atoms with Crippen LogP contribution in [0.25, 0.3) is 5.52 Å². The number of hydrogen-bond acceptors (Lipinski definition) is 5. The van der Waals surface area contributed by atoms with Crippen molar-refractivity contribution >= 4 is 23.5 Å². The molecule has 2 aromatic heterocycles. The molecule has 4 aliphatic rings. The molecule has 3 aromatic rings. The fourth-order valence-corrected chi connectivity index (χ4v) is 5.19. The standard InChI is InChI=1S/C24H24N4O4/c1-14-19(23(30)27-12-24(31)9-16(27)10-24)11-28-22(14)21(6-7-26-28)32-17-4-5-20(25-13-29)18(8-17)15-2-3-15/h4-8,11,13,15-16,31H,2-3,9-10,12H2,1H3,(H,25,29). The lowest BCUT2D eigenvalue weighted by atomic mass is 9.81. The van der Waals surface area contributed by atoms with Gasteiger partial charge in [-0.3, -0.25) is 9.59 Å². The second kappa shape index (κ2) is 6.80. The molecule has 2 saturated heterocycles. The van der Waals surface area contributed by atoms with Gasteiger partial charge < -0.3 is 20.1 Å². The van der Waals surface area contributed by atoms with E-state index in [0.717, 1.165) is 35.2 Å². The molecule has 8 heteroatoms. The van der Waals surface area contributed by atoms with Gasteiger partial charge in [-0.1, -0.05) is 0 Å². The largest absolute Gasteiger partial charge is 0.455 e. The number of hydrogen-bond donors (Lipinski definition) is 2. The molecule has 2 aliphatic heterocycles. The number of aromatic nitrogens is 2. The van der Waals surface area contributed by atoms with Gasteiger partial charge in [-0.15, -0.1) is 0 Å². The minimum atomic E-state index is -0.704. The molecule has 4 heterocycles.